The van der Waals surface area contributed by atoms with Crippen LogP contribution in [0.5, 0.6) is 0 Å². The first-order valence-electron chi connectivity index (χ1n) is 5.75. The van der Waals surface area contributed by atoms with Crippen molar-refractivity contribution in [1.82, 2.24) is 0 Å². The first-order valence-corrected chi connectivity index (χ1v) is 5.75. The standard InChI is InChI=1S/C13H14F2N2O/c1-8-13(2,18)3-4-17(8)9-5-11(14)10(7-16)12(15)6-9/h5-6,8,18H,3-4H2,1-2H3. The molecule has 5 heteroatoms. The fourth-order valence-corrected chi connectivity index (χ4v) is 2.27. The molecule has 0 spiro atoms. The maximum absolute atomic E-state index is 13.5. The summed E-state index contributed by atoms with van der Waals surface area (Å²) >= 11 is 0. The molecule has 1 saturated heterocycles. The summed E-state index contributed by atoms with van der Waals surface area (Å²) < 4.78 is 27.1. The van der Waals surface area contributed by atoms with E-state index in [2.05, 4.69) is 0 Å². The SMILES string of the molecule is CC1N(c2cc(F)c(C#N)c(F)c2)CCC1(C)O. The van der Waals surface area contributed by atoms with E-state index in [1.807, 2.05) is 0 Å². The lowest BCUT2D eigenvalue weighted by Crippen LogP contribution is -2.40. The number of rotatable bonds is 1. The van der Waals surface area contributed by atoms with Gasteiger partial charge in [0, 0.05) is 12.2 Å². The molecule has 0 aliphatic carbocycles. The molecule has 0 amide bonds. The number of halogens is 2. The first-order chi connectivity index (χ1) is 8.36. The second-order valence-electron chi connectivity index (χ2n) is 4.87. The third-order valence-electron chi connectivity index (χ3n) is 3.70. The smallest absolute Gasteiger partial charge is 0.146 e. The van der Waals surface area contributed by atoms with Gasteiger partial charge in [-0.1, -0.05) is 0 Å². The number of nitriles is 1. The van der Waals surface area contributed by atoms with Crippen molar-refractivity contribution in [1.29, 1.82) is 5.26 Å². The summed E-state index contributed by atoms with van der Waals surface area (Å²) in [5, 5.41) is 18.7. The first kappa shape index (κ1) is 12.8. The lowest BCUT2D eigenvalue weighted by Gasteiger charge is -2.29. The summed E-state index contributed by atoms with van der Waals surface area (Å²) in [6.45, 7) is 4.04. The average molecular weight is 252 g/mol. The molecule has 1 aliphatic heterocycles. The molecule has 18 heavy (non-hydrogen) atoms. The molecular weight excluding hydrogens is 238 g/mol. The quantitative estimate of drug-likeness (QED) is 0.833. The molecule has 0 radical (unpaired) electrons. The molecule has 0 saturated carbocycles. The summed E-state index contributed by atoms with van der Waals surface area (Å²) in [5.41, 5.74) is -1.09. The van der Waals surface area contributed by atoms with Crippen molar-refractivity contribution in [3.63, 3.8) is 0 Å². The summed E-state index contributed by atoms with van der Waals surface area (Å²) in [5.74, 6) is -1.74. The molecule has 1 N–H and O–H groups in total. The van der Waals surface area contributed by atoms with Crippen LogP contribution in [-0.4, -0.2) is 23.3 Å². The van der Waals surface area contributed by atoms with Crippen molar-refractivity contribution in [2.45, 2.75) is 31.9 Å². The van der Waals surface area contributed by atoms with Gasteiger partial charge in [-0.25, -0.2) is 8.78 Å². The van der Waals surface area contributed by atoms with Gasteiger partial charge < -0.3 is 10.0 Å². The highest BCUT2D eigenvalue weighted by Gasteiger charge is 2.39. The van der Waals surface area contributed by atoms with Gasteiger partial charge in [0.1, 0.15) is 23.3 Å². The summed E-state index contributed by atoms with van der Waals surface area (Å²) in [6, 6.07) is 3.54. The van der Waals surface area contributed by atoms with Gasteiger partial charge in [0.15, 0.2) is 0 Å². The average Bonchev–Trinajstić information content (AvgIpc) is 2.54. The second kappa shape index (κ2) is 4.21. The third-order valence-corrected chi connectivity index (χ3v) is 3.70. The number of nitrogens with zero attached hydrogens (tertiary/aromatic N) is 2. The highest BCUT2D eigenvalue weighted by molar-refractivity contribution is 5.53. The second-order valence-corrected chi connectivity index (χ2v) is 4.87. The van der Waals surface area contributed by atoms with Crippen molar-refractivity contribution in [2.24, 2.45) is 0 Å². The molecule has 2 unspecified atom stereocenters. The normalized spacial score (nSPS) is 27.3. The third kappa shape index (κ3) is 1.93. The number of benzene rings is 1. The fourth-order valence-electron chi connectivity index (χ4n) is 2.27. The van der Waals surface area contributed by atoms with Gasteiger partial charge in [-0.15, -0.1) is 0 Å². The molecule has 2 atom stereocenters. The van der Waals surface area contributed by atoms with Gasteiger partial charge >= 0.3 is 0 Å². The van der Waals surface area contributed by atoms with E-state index in [-0.39, 0.29) is 6.04 Å². The fraction of sp³-hybridized carbons (Fsp3) is 0.462. The van der Waals surface area contributed by atoms with Crippen LogP contribution in [0.3, 0.4) is 0 Å². The van der Waals surface area contributed by atoms with Crippen LogP contribution in [0.15, 0.2) is 12.1 Å². The Bertz CT molecular complexity index is 499. The largest absolute Gasteiger partial charge is 0.388 e. The minimum Gasteiger partial charge on any atom is -0.388 e. The van der Waals surface area contributed by atoms with Crippen molar-refractivity contribution in [3.8, 4) is 6.07 Å². The van der Waals surface area contributed by atoms with Crippen LogP contribution in [0, 0.1) is 23.0 Å². The highest BCUT2D eigenvalue weighted by atomic mass is 19.1. The Balaban J connectivity index is 2.40. The van der Waals surface area contributed by atoms with E-state index in [4.69, 9.17) is 5.26 Å². The number of hydrogen-bond donors (Lipinski definition) is 1. The maximum atomic E-state index is 13.5. The topological polar surface area (TPSA) is 47.3 Å². The van der Waals surface area contributed by atoms with Gasteiger partial charge in [-0.05, 0) is 32.4 Å². The van der Waals surface area contributed by atoms with Gasteiger partial charge in [-0.3, -0.25) is 0 Å². The van der Waals surface area contributed by atoms with Gasteiger partial charge in [-0.2, -0.15) is 5.26 Å². The van der Waals surface area contributed by atoms with E-state index in [9.17, 15) is 13.9 Å². The maximum Gasteiger partial charge on any atom is 0.146 e. The molecule has 1 aliphatic rings. The van der Waals surface area contributed by atoms with Crippen molar-refractivity contribution in [2.75, 3.05) is 11.4 Å². The van der Waals surface area contributed by atoms with Crippen LogP contribution in [-0.2, 0) is 0 Å². The molecule has 1 fully saturated rings. The number of aliphatic hydroxyl groups is 1. The van der Waals surface area contributed by atoms with Crippen molar-refractivity contribution in [3.05, 3.63) is 29.3 Å². The zero-order valence-corrected chi connectivity index (χ0v) is 10.2. The molecular formula is C13H14F2N2O. The monoisotopic (exact) mass is 252 g/mol. The van der Waals surface area contributed by atoms with Crippen LogP contribution in [0.25, 0.3) is 0 Å². The molecule has 1 heterocycles. The molecule has 1 aromatic rings. The minimum atomic E-state index is -0.874. The van der Waals surface area contributed by atoms with E-state index >= 15 is 0 Å². The zero-order chi connectivity index (χ0) is 13.5. The molecule has 96 valence electrons. The predicted molar refractivity (Wildman–Crippen MR) is 63.1 cm³/mol. The number of anilines is 1. The minimum absolute atomic E-state index is 0.232. The molecule has 0 aromatic heterocycles. The van der Waals surface area contributed by atoms with E-state index < -0.39 is 22.8 Å². The van der Waals surface area contributed by atoms with Crippen LogP contribution >= 0.6 is 0 Å². The Hall–Kier alpha value is -1.67. The van der Waals surface area contributed by atoms with E-state index in [0.29, 0.717) is 18.7 Å². The van der Waals surface area contributed by atoms with Gasteiger partial charge in [0.2, 0.25) is 0 Å². The summed E-state index contributed by atoms with van der Waals surface area (Å²) in [6.07, 6.45) is 0.539. The Labute approximate surface area is 104 Å². The summed E-state index contributed by atoms with van der Waals surface area (Å²) in [7, 11) is 0. The molecule has 0 bridgehead atoms. The lowest BCUT2D eigenvalue weighted by atomic mass is 9.99. The van der Waals surface area contributed by atoms with Gasteiger partial charge in [0.25, 0.3) is 0 Å². The Morgan fingerprint density at radius 1 is 1.44 bits per heavy atom. The van der Waals surface area contributed by atoms with Gasteiger partial charge in [0.05, 0.1) is 11.6 Å². The van der Waals surface area contributed by atoms with E-state index in [0.717, 1.165) is 12.1 Å². The Morgan fingerprint density at radius 3 is 2.39 bits per heavy atom. The summed E-state index contributed by atoms with van der Waals surface area (Å²) in [4.78, 5) is 1.74. The number of hydrogen-bond acceptors (Lipinski definition) is 3. The van der Waals surface area contributed by atoms with Crippen LogP contribution < -0.4 is 4.90 Å². The van der Waals surface area contributed by atoms with Crippen molar-refractivity contribution < 1.29 is 13.9 Å². The molecule has 3 nitrogen and oxygen atoms in total. The zero-order valence-electron chi connectivity index (χ0n) is 10.2. The van der Waals surface area contributed by atoms with E-state index in [1.54, 1.807) is 18.7 Å². The lowest BCUT2D eigenvalue weighted by molar-refractivity contribution is 0.0565. The predicted octanol–water partition coefficient (Wildman–Crippen LogP) is 2.19. The molecule has 2 rings (SSSR count). The highest BCUT2D eigenvalue weighted by Crippen LogP contribution is 2.33. The van der Waals surface area contributed by atoms with Crippen LogP contribution in [0.4, 0.5) is 14.5 Å². The Morgan fingerprint density at radius 2 is 2.00 bits per heavy atom. The van der Waals surface area contributed by atoms with Crippen molar-refractivity contribution >= 4 is 5.69 Å². The molecule has 1 aromatic carbocycles. The van der Waals surface area contributed by atoms with Crippen LogP contribution in [0.2, 0.25) is 0 Å². The van der Waals surface area contributed by atoms with E-state index in [1.165, 1.54) is 6.07 Å². The van der Waals surface area contributed by atoms with Crippen LogP contribution in [0.1, 0.15) is 25.8 Å². The Kier molecular flexibility index (Phi) is 2.99.